The van der Waals surface area contributed by atoms with Crippen LogP contribution in [0.5, 0.6) is 5.75 Å². The van der Waals surface area contributed by atoms with Crippen molar-refractivity contribution >= 4 is 11.0 Å². The molecule has 2 aromatic carbocycles. The first-order valence-electron chi connectivity index (χ1n) is 9.29. The molecule has 1 aliphatic heterocycles. The van der Waals surface area contributed by atoms with Crippen molar-refractivity contribution in [3.05, 3.63) is 64.5 Å². The summed E-state index contributed by atoms with van der Waals surface area (Å²) in [5.74, 6) is 0.895. The van der Waals surface area contributed by atoms with Gasteiger partial charge in [0.05, 0.1) is 29.6 Å². The van der Waals surface area contributed by atoms with E-state index >= 15 is 0 Å². The van der Waals surface area contributed by atoms with E-state index in [1.807, 2.05) is 30.3 Å². The van der Waals surface area contributed by atoms with Gasteiger partial charge in [0.15, 0.2) is 0 Å². The predicted octanol–water partition coefficient (Wildman–Crippen LogP) is 2.98. The molecular weight excluding hydrogens is 326 g/mol. The maximum absolute atomic E-state index is 13.0. The van der Waals surface area contributed by atoms with Crippen LogP contribution in [0, 0.1) is 5.92 Å². The zero-order valence-corrected chi connectivity index (χ0v) is 15.0. The number of phenols is 1. The summed E-state index contributed by atoms with van der Waals surface area (Å²) in [5.41, 5.74) is 2.59. The van der Waals surface area contributed by atoms with Crippen LogP contribution in [-0.4, -0.2) is 18.2 Å². The molecule has 0 saturated carbocycles. The Morgan fingerprint density at radius 2 is 2.00 bits per heavy atom. The lowest BCUT2D eigenvalue weighted by atomic mass is 9.99. The molecule has 1 saturated heterocycles. The maximum Gasteiger partial charge on any atom is 0.200 e. The smallest absolute Gasteiger partial charge is 0.200 e. The fraction of sp³-hybridized carbons (Fsp3) is 0.318. The number of piperidine rings is 1. The molecule has 4 heteroatoms. The second kappa shape index (κ2) is 6.96. The molecule has 2 atom stereocenters. The Hall–Kier alpha value is -2.59. The van der Waals surface area contributed by atoms with E-state index in [9.17, 15) is 9.90 Å². The van der Waals surface area contributed by atoms with Crippen molar-refractivity contribution in [2.75, 3.05) is 13.1 Å². The zero-order chi connectivity index (χ0) is 18.1. The number of likely N-dealkylation sites (tertiary alicyclic amines) is 1. The molecule has 0 radical (unpaired) electrons. The van der Waals surface area contributed by atoms with Crippen molar-refractivity contribution in [3.8, 4) is 16.9 Å². The second-order valence-corrected chi connectivity index (χ2v) is 7.41. The first kappa shape index (κ1) is 16.9. The second-order valence-electron chi connectivity index (χ2n) is 7.41. The Labute approximate surface area is 152 Å². The fourth-order valence-corrected chi connectivity index (χ4v) is 4.04. The molecular formula is C22H24NO3+. The highest BCUT2D eigenvalue weighted by Gasteiger charge is 2.23. The van der Waals surface area contributed by atoms with E-state index in [1.165, 1.54) is 24.0 Å². The van der Waals surface area contributed by atoms with Crippen LogP contribution in [0.15, 0.2) is 57.9 Å². The van der Waals surface area contributed by atoms with E-state index in [0.29, 0.717) is 29.0 Å². The third-order valence-corrected chi connectivity index (χ3v) is 5.40. The molecule has 0 aliphatic carbocycles. The van der Waals surface area contributed by atoms with Crippen LogP contribution in [0.1, 0.15) is 25.3 Å². The SMILES string of the molecule is C[C@H]1CCC[NH+](Cc2c(O)ccc3c(=O)c(-c4ccccc4)coc23)C1. The number of hydrogen-bond acceptors (Lipinski definition) is 3. The molecule has 1 aliphatic rings. The van der Waals surface area contributed by atoms with Crippen LogP contribution >= 0.6 is 0 Å². The molecule has 0 bridgehead atoms. The highest BCUT2D eigenvalue weighted by atomic mass is 16.3. The predicted molar refractivity (Wildman–Crippen MR) is 102 cm³/mol. The third kappa shape index (κ3) is 3.13. The molecule has 1 unspecified atom stereocenters. The van der Waals surface area contributed by atoms with Gasteiger partial charge < -0.3 is 14.4 Å². The average Bonchev–Trinajstić information content (AvgIpc) is 2.65. The highest BCUT2D eigenvalue weighted by molar-refractivity contribution is 5.85. The van der Waals surface area contributed by atoms with Crippen molar-refractivity contribution < 1.29 is 14.4 Å². The van der Waals surface area contributed by atoms with Gasteiger partial charge in [0, 0.05) is 5.92 Å². The molecule has 1 fully saturated rings. The number of nitrogens with one attached hydrogen (secondary N) is 1. The molecule has 134 valence electrons. The Morgan fingerprint density at radius 1 is 1.19 bits per heavy atom. The van der Waals surface area contributed by atoms with Crippen LogP contribution in [0.2, 0.25) is 0 Å². The van der Waals surface area contributed by atoms with Crippen LogP contribution < -0.4 is 10.3 Å². The summed E-state index contributed by atoms with van der Waals surface area (Å²) in [5, 5.41) is 10.9. The third-order valence-electron chi connectivity index (χ3n) is 5.40. The number of aromatic hydroxyl groups is 1. The van der Waals surface area contributed by atoms with Gasteiger partial charge in [-0.15, -0.1) is 0 Å². The summed E-state index contributed by atoms with van der Waals surface area (Å²) < 4.78 is 5.89. The molecule has 0 amide bonds. The first-order valence-corrected chi connectivity index (χ1v) is 9.29. The first-order chi connectivity index (χ1) is 12.6. The van der Waals surface area contributed by atoms with E-state index in [-0.39, 0.29) is 11.2 Å². The normalized spacial score (nSPS) is 20.3. The lowest BCUT2D eigenvalue weighted by Gasteiger charge is -2.28. The number of fused-ring (bicyclic) bond motifs is 1. The van der Waals surface area contributed by atoms with Gasteiger partial charge in [-0.1, -0.05) is 37.3 Å². The van der Waals surface area contributed by atoms with Crippen LogP contribution in [0.3, 0.4) is 0 Å². The number of rotatable bonds is 3. The summed E-state index contributed by atoms with van der Waals surface area (Å²) in [4.78, 5) is 14.4. The molecule has 3 aromatic rings. The van der Waals surface area contributed by atoms with E-state index in [1.54, 1.807) is 12.1 Å². The van der Waals surface area contributed by atoms with E-state index in [0.717, 1.165) is 24.2 Å². The minimum atomic E-state index is -0.0549. The Morgan fingerprint density at radius 3 is 2.77 bits per heavy atom. The van der Waals surface area contributed by atoms with Gasteiger partial charge >= 0.3 is 0 Å². The average molecular weight is 350 g/mol. The lowest BCUT2D eigenvalue weighted by molar-refractivity contribution is -0.922. The monoisotopic (exact) mass is 350 g/mol. The van der Waals surface area contributed by atoms with Crippen molar-refractivity contribution in [2.45, 2.75) is 26.3 Å². The summed E-state index contributed by atoms with van der Waals surface area (Å²) in [6.07, 6.45) is 3.99. The van der Waals surface area contributed by atoms with E-state index in [4.69, 9.17) is 4.42 Å². The van der Waals surface area contributed by atoms with E-state index in [2.05, 4.69) is 6.92 Å². The molecule has 0 spiro atoms. The molecule has 2 N–H and O–H groups in total. The number of quaternary nitrogens is 1. The minimum absolute atomic E-state index is 0.0549. The van der Waals surface area contributed by atoms with Crippen molar-refractivity contribution in [2.24, 2.45) is 5.92 Å². The maximum atomic E-state index is 13.0. The van der Waals surface area contributed by atoms with Gasteiger partial charge in [-0.3, -0.25) is 4.79 Å². The molecule has 4 nitrogen and oxygen atoms in total. The lowest BCUT2D eigenvalue weighted by Crippen LogP contribution is -3.12. The quantitative estimate of drug-likeness (QED) is 0.764. The number of benzene rings is 2. The Kier molecular flexibility index (Phi) is 4.51. The van der Waals surface area contributed by atoms with Crippen molar-refractivity contribution in [1.29, 1.82) is 0 Å². The largest absolute Gasteiger partial charge is 0.507 e. The van der Waals surface area contributed by atoms with Gasteiger partial charge in [-0.05, 0) is 30.5 Å². The van der Waals surface area contributed by atoms with Crippen LogP contribution in [0.25, 0.3) is 22.1 Å². The fourth-order valence-electron chi connectivity index (χ4n) is 4.04. The van der Waals surface area contributed by atoms with Crippen molar-refractivity contribution in [3.63, 3.8) is 0 Å². The van der Waals surface area contributed by atoms with Crippen molar-refractivity contribution in [1.82, 2.24) is 0 Å². The molecule has 2 heterocycles. The van der Waals surface area contributed by atoms with Gasteiger partial charge in [0.2, 0.25) is 5.43 Å². The Balaban J connectivity index is 1.78. The van der Waals surface area contributed by atoms with Gasteiger partial charge in [-0.25, -0.2) is 0 Å². The minimum Gasteiger partial charge on any atom is -0.507 e. The van der Waals surface area contributed by atoms with Crippen LogP contribution in [0.4, 0.5) is 0 Å². The molecule has 1 aromatic heterocycles. The topological polar surface area (TPSA) is 54.9 Å². The summed E-state index contributed by atoms with van der Waals surface area (Å²) in [7, 11) is 0. The standard InChI is InChI=1S/C22H23NO3/c1-15-6-5-11-23(12-15)13-18-20(24)10-9-17-21(25)19(14-26-22(17)18)16-7-3-2-4-8-16/h2-4,7-10,14-15,24H,5-6,11-13H2,1H3/p+1/t15-/m0/s1. The number of phenolic OH excluding ortho intramolecular Hbond substituents is 1. The summed E-state index contributed by atoms with van der Waals surface area (Å²) >= 11 is 0. The molecule has 4 rings (SSSR count). The van der Waals surface area contributed by atoms with E-state index < -0.39 is 0 Å². The summed E-state index contributed by atoms with van der Waals surface area (Å²) in [6.45, 7) is 5.13. The zero-order valence-electron chi connectivity index (χ0n) is 15.0. The van der Waals surface area contributed by atoms with Gasteiger partial charge in [0.25, 0.3) is 0 Å². The Bertz CT molecular complexity index is 978. The molecule has 26 heavy (non-hydrogen) atoms. The van der Waals surface area contributed by atoms with Crippen LogP contribution in [-0.2, 0) is 6.54 Å². The van der Waals surface area contributed by atoms with Gasteiger partial charge in [0.1, 0.15) is 24.1 Å². The number of hydrogen-bond donors (Lipinski definition) is 2. The highest BCUT2D eigenvalue weighted by Crippen LogP contribution is 2.27. The van der Waals surface area contributed by atoms with Gasteiger partial charge in [-0.2, -0.15) is 0 Å². The summed E-state index contributed by atoms with van der Waals surface area (Å²) in [6, 6.07) is 12.8.